The molecule has 0 radical (unpaired) electrons. The van der Waals surface area contributed by atoms with Crippen LogP contribution >= 0.6 is 0 Å². The van der Waals surface area contributed by atoms with Crippen molar-refractivity contribution in [2.45, 2.75) is 6.54 Å². The topological polar surface area (TPSA) is 71.5 Å². The van der Waals surface area contributed by atoms with Crippen LogP contribution in [0.5, 0.6) is 11.6 Å². The molecule has 0 aliphatic carbocycles. The standard InChI is InChI=1S/C14H13FN2O3/c1-20-13-6-9(4-5-16-13)8-17-14(19)11-3-2-10(15)7-12(11)18/h2-7,18H,8H2,1H3,(H,17,19). The summed E-state index contributed by atoms with van der Waals surface area (Å²) in [7, 11) is 1.50. The number of ether oxygens (including phenoxy) is 1. The fourth-order valence-electron chi connectivity index (χ4n) is 1.65. The third kappa shape index (κ3) is 3.23. The first-order chi connectivity index (χ1) is 9.60. The number of phenolic OH excluding ortho intramolecular Hbond substituents is 1. The number of carbonyl (C=O) groups excluding carboxylic acids is 1. The van der Waals surface area contributed by atoms with E-state index in [2.05, 4.69) is 10.3 Å². The third-order valence-electron chi connectivity index (χ3n) is 2.67. The highest BCUT2D eigenvalue weighted by Gasteiger charge is 2.11. The van der Waals surface area contributed by atoms with Crippen molar-refractivity contribution in [3.63, 3.8) is 0 Å². The fourth-order valence-corrected chi connectivity index (χ4v) is 1.65. The number of hydrogen-bond donors (Lipinski definition) is 2. The molecule has 0 bridgehead atoms. The van der Waals surface area contributed by atoms with Gasteiger partial charge in [0.05, 0.1) is 12.7 Å². The Morgan fingerprint density at radius 3 is 2.90 bits per heavy atom. The normalized spacial score (nSPS) is 10.1. The van der Waals surface area contributed by atoms with Crippen LogP contribution in [0.4, 0.5) is 4.39 Å². The molecule has 0 saturated carbocycles. The molecule has 6 heteroatoms. The van der Waals surface area contributed by atoms with Crippen LogP contribution in [-0.2, 0) is 6.54 Å². The molecule has 0 aliphatic rings. The van der Waals surface area contributed by atoms with E-state index >= 15 is 0 Å². The SMILES string of the molecule is COc1cc(CNC(=O)c2ccc(F)cc2O)ccn1. The molecule has 0 atom stereocenters. The minimum atomic E-state index is -0.599. The average molecular weight is 276 g/mol. The summed E-state index contributed by atoms with van der Waals surface area (Å²) in [5, 5.41) is 12.1. The Hall–Kier alpha value is -2.63. The van der Waals surface area contributed by atoms with Gasteiger partial charge in [-0.05, 0) is 23.8 Å². The summed E-state index contributed by atoms with van der Waals surface area (Å²) in [5.41, 5.74) is 0.819. The van der Waals surface area contributed by atoms with Gasteiger partial charge in [0.15, 0.2) is 0 Å². The molecule has 0 fully saturated rings. The van der Waals surface area contributed by atoms with Gasteiger partial charge < -0.3 is 15.2 Å². The van der Waals surface area contributed by atoms with Crippen LogP contribution in [-0.4, -0.2) is 23.1 Å². The Kier molecular flexibility index (Phi) is 4.14. The van der Waals surface area contributed by atoms with E-state index in [1.807, 2.05) is 0 Å². The molecule has 104 valence electrons. The molecule has 0 unspecified atom stereocenters. The van der Waals surface area contributed by atoms with E-state index in [0.29, 0.717) is 5.88 Å². The second-order valence-corrected chi connectivity index (χ2v) is 4.05. The summed E-state index contributed by atoms with van der Waals surface area (Å²) >= 11 is 0. The zero-order chi connectivity index (χ0) is 14.5. The molecular formula is C14H13FN2O3. The summed E-state index contributed by atoms with van der Waals surface area (Å²) in [6.45, 7) is 0.245. The van der Waals surface area contributed by atoms with E-state index in [1.54, 1.807) is 18.3 Å². The van der Waals surface area contributed by atoms with Gasteiger partial charge in [-0.1, -0.05) is 0 Å². The number of carbonyl (C=O) groups is 1. The molecule has 1 aromatic heterocycles. The molecule has 2 N–H and O–H groups in total. The van der Waals surface area contributed by atoms with Crippen LogP contribution in [0.3, 0.4) is 0 Å². The molecule has 0 spiro atoms. The van der Waals surface area contributed by atoms with Crippen LogP contribution in [0.15, 0.2) is 36.5 Å². The summed E-state index contributed by atoms with van der Waals surface area (Å²) < 4.78 is 17.8. The number of halogens is 1. The second kappa shape index (κ2) is 6.01. The lowest BCUT2D eigenvalue weighted by Crippen LogP contribution is -2.22. The second-order valence-electron chi connectivity index (χ2n) is 4.05. The number of amides is 1. The molecule has 0 aliphatic heterocycles. The Morgan fingerprint density at radius 1 is 1.40 bits per heavy atom. The molecule has 2 rings (SSSR count). The van der Waals surface area contributed by atoms with Gasteiger partial charge in [0.25, 0.3) is 5.91 Å². The lowest BCUT2D eigenvalue weighted by atomic mass is 10.1. The number of rotatable bonds is 4. The minimum Gasteiger partial charge on any atom is -0.507 e. The van der Waals surface area contributed by atoms with Crippen molar-refractivity contribution in [2.75, 3.05) is 7.11 Å². The van der Waals surface area contributed by atoms with Gasteiger partial charge in [0.1, 0.15) is 11.6 Å². The molecule has 1 heterocycles. The molecule has 1 aromatic carbocycles. The number of methoxy groups -OCH3 is 1. The number of hydrogen-bond acceptors (Lipinski definition) is 4. The summed E-state index contributed by atoms with van der Waals surface area (Å²) in [6.07, 6.45) is 1.57. The first-order valence-corrected chi connectivity index (χ1v) is 5.86. The number of benzene rings is 1. The van der Waals surface area contributed by atoms with Gasteiger partial charge in [-0.3, -0.25) is 4.79 Å². The predicted octanol–water partition coefficient (Wildman–Crippen LogP) is 1.86. The Bertz CT molecular complexity index is 632. The average Bonchev–Trinajstić information content (AvgIpc) is 2.45. The minimum absolute atomic E-state index is 0.0208. The molecule has 2 aromatic rings. The first kappa shape index (κ1) is 13.8. The lowest BCUT2D eigenvalue weighted by molar-refractivity contribution is 0.0948. The Balaban J connectivity index is 2.04. The van der Waals surface area contributed by atoms with Crippen LogP contribution in [0.2, 0.25) is 0 Å². The summed E-state index contributed by atoms with van der Waals surface area (Å²) in [6, 6.07) is 6.65. The number of nitrogens with one attached hydrogen (secondary N) is 1. The van der Waals surface area contributed by atoms with Crippen molar-refractivity contribution < 1.29 is 19.0 Å². The Labute approximate surface area is 115 Å². The summed E-state index contributed by atoms with van der Waals surface area (Å²) in [5.74, 6) is -1.03. The van der Waals surface area contributed by atoms with Crippen molar-refractivity contribution in [1.82, 2.24) is 10.3 Å². The monoisotopic (exact) mass is 276 g/mol. The van der Waals surface area contributed by atoms with Crippen LogP contribution in [0, 0.1) is 5.82 Å². The summed E-state index contributed by atoms with van der Waals surface area (Å²) in [4.78, 5) is 15.8. The van der Waals surface area contributed by atoms with Crippen LogP contribution in [0.25, 0.3) is 0 Å². The predicted molar refractivity (Wildman–Crippen MR) is 70.0 cm³/mol. The van der Waals surface area contributed by atoms with E-state index in [9.17, 15) is 14.3 Å². The molecule has 20 heavy (non-hydrogen) atoms. The highest BCUT2D eigenvalue weighted by Crippen LogP contribution is 2.18. The van der Waals surface area contributed by atoms with Gasteiger partial charge in [0, 0.05) is 24.9 Å². The quantitative estimate of drug-likeness (QED) is 0.894. The smallest absolute Gasteiger partial charge is 0.255 e. The number of aromatic hydroxyl groups is 1. The van der Waals surface area contributed by atoms with Gasteiger partial charge in [-0.15, -0.1) is 0 Å². The first-order valence-electron chi connectivity index (χ1n) is 5.86. The lowest BCUT2D eigenvalue weighted by Gasteiger charge is -2.07. The highest BCUT2D eigenvalue weighted by atomic mass is 19.1. The van der Waals surface area contributed by atoms with Gasteiger partial charge in [0.2, 0.25) is 5.88 Å². The number of nitrogens with zero attached hydrogens (tertiary/aromatic N) is 1. The van der Waals surface area contributed by atoms with Gasteiger partial charge in [-0.2, -0.15) is 0 Å². The molecule has 1 amide bonds. The fraction of sp³-hybridized carbons (Fsp3) is 0.143. The van der Waals surface area contributed by atoms with E-state index in [-0.39, 0.29) is 12.1 Å². The van der Waals surface area contributed by atoms with Crippen molar-refractivity contribution in [2.24, 2.45) is 0 Å². The van der Waals surface area contributed by atoms with Crippen LogP contribution < -0.4 is 10.1 Å². The zero-order valence-corrected chi connectivity index (χ0v) is 10.8. The number of phenols is 1. The van der Waals surface area contributed by atoms with Crippen LogP contribution in [0.1, 0.15) is 15.9 Å². The largest absolute Gasteiger partial charge is 0.507 e. The maximum atomic E-state index is 12.8. The van der Waals surface area contributed by atoms with E-state index in [4.69, 9.17) is 4.74 Å². The number of pyridine rings is 1. The molecule has 0 saturated heterocycles. The van der Waals surface area contributed by atoms with E-state index < -0.39 is 17.5 Å². The zero-order valence-electron chi connectivity index (χ0n) is 10.8. The van der Waals surface area contributed by atoms with E-state index in [0.717, 1.165) is 17.7 Å². The van der Waals surface area contributed by atoms with E-state index in [1.165, 1.54) is 13.2 Å². The number of aromatic nitrogens is 1. The maximum absolute atomic E-state index is 12.8. The maximum Gasteiger partial charge on any atom is 0.255 e. The molecular weight excluding hydrogens is 263 g/mol. The van der Waals surface area contributed by atoms with Crippen molar-refractivity contribution in [1.29, 1.82) is 0 Å². The van der Waals surface area contributed by atoms with Gasteiger partial charge >= 0.3 is 0 Å². The van der Waals surface area contributed by atoms with Crippen molar-refractivity contribution >= 4 is 5.91 Å². The highest BCUT2D eigenvalue weighted by molar-refractivity contribution is 5.96. The third-order valence-corrected chi connectivity index (χ3v) is 2.67. The Morgan fingerprint density at radius 2 is 2.20 bits per heavy atom. The van der Waals surface area contributed by atoms with Crippen molar-refractivity contribution in [3.8, 4) is 11.6 Å². The van der Waals surface area contributed by atoms with Gasteiger partial charge in [-0.25, -0.2) is 9.37 Å². The molecule has 5 nitrogen and oxygen atoms in total. The van der Waals surface area contributed by atoms with Crippen molar-refractivity contribution in [3.05, 3.63) is 53.5 Å².